The maximum absolute atomic E-state index is 4.40. The highest BCUT2D eigenvalue weighted by molar-refractivity contribution is 14.0. The van der Waals surface area contributed by atoms with Crippen LogP contribution in [-0.2, 0) is 0 Å². The second-order valence-corrected chi connectivity index (χ2v) is 7.29. The summed E-state index contributed by atoms with van der Waals surface area (Å²) in [6.07, 6.45) is 3.79. The van der Waals surface area contributed by atoms with E-state index in [2.05, 4.69) is 76.7 Å². The van der Waals surface area contributed by atoms with Crippen LogP contribution in [0.15, 0.2) is 35.3 Å². The van der Waals surface area contributed by atoms with Crippen LogP contribution in [-0.4, -0.2) is 68.6 Å². The lowest BCUT2D eigenvalue weighted by molar-refractivity contribution is 0.244. The Hall–Kier alpha value is -0.860. The van der Waals surface area contributed by atoms with Crippen molar-refractivity contribution in [2.24, 2.45) is 4.99 Å². The predicted octanol–water partition coefficient (Wildman–Crippen LogP) is 3.34. The van der Waals surface area contributed by atoms with Crippen molar-refractivity contribution >= 4 is 29.9 Å². The molecule has 2 atom stereocenters. The Morgan fingerprint density at radius 3 is 2.44 bits per heavy atom. The Kier molecular flexibility index (Phi) is 11.9. The number of likely N-dealkylation sites (N-methyl/N-ethyl adjacent to an activating group) is 1. The second-order valence-electron chi connectivity index (χ2n) is 7.29. The summed E-state index contributed by atoms with van der Waals surface area (Å²) in [6.45, 7) is 9.68. The van der Waals surface area contributed by atoms with Gasteiger partial charge in [-0.15, -0.1) is 24.0 Å². The average molecular weight is 487 g/mol. The zero-order valence-electron chi connectivity index (χ0n) is 17.4. The third-order valence-corrected chi connectivity index (χ3v) is 5.55. The molecule has 154 valence electrons. The van der Waals surface area contributed by atoms with Crippen LogP contribution in [0.5, 0.6) is 0 Å². The van der Waals surface area contributed by atoms with Gasteiger partial charge in [0.1, 0.15) is 0 Å². The molecule has 1 aromatic carbocycles. The van der Waals surface area contributed by atoms with Gasteiger partial charge in [-0.2, -0.15) is 0 Å². The predicted molar refractivity (Wildman–Crippen MR) is 127 cm³/mol. The van der Waals surface area contributed by atoms with Crippen LogP contribution in [0.2, 0.25) is 0 Å². The number of hydrogen-bond acceptors (Lipinski definition) is 3. The van der Waals surface area contributed by atoms with Gasteiger partial charge in [0.2, 0.25) is 0 Å². The molecule has 1 aromatic rings. The number of rotatable bonds is 9. The number of halogens is 1. The summed E-state index contributed by atoms with van der Waals surface area (Å²) < 4.78 is 0. The molecular formula is C21H38IN5. The molecule has 2 unspecified atom stereocenters. The summed E-state index contributed by atoms with van der Waals surface area (Å²) in [6, 6.07) is 11.9. The Morgan fingerprint density at radius 2 is 1.85 bits per heavy atom. The van der Waals surface area contributed by atoms with Gasteiger partial charge in [-0.05, 0) is 51.9 Å². The molecule has 1 aliphatic heterocycles. The average Bonchev–Trinajstić information content (AvgIpc) is 3.21. The Morgan fingerprint density at radius 1 is 1.19 bits per heavy atom. The van der Waals surface area contributed by atoms with Crippen LogP contribution in [0, 0.1) is 0 Å². The van der Waals surface area contributed by atoms with Crippen molar-refractivity contribution in [1.82, 2.24) is 20.4 Å². The van der Waals surface area contributed by atoms with Crippen LogP contribution in [0.4, 0.5) is 0 Å². The van der Waals surface area contributed by atoms with Gasteiger partial charge >= 0.3 is 0 Å². The van der Waals surface area contributed by atoms with E-state index in [0.29, 0.717) is 12.1 Å². The molecule has 0 aliphatic carbocycles. The van der Waals surface area contributed by atoms with Gasteiger partial charge in [0.15, 0.2) is 5.96 Å². The monoisotopic (exact) mass is 487 g/mol. The number of hydrogen-bond donors (Lipinski definition) is 2. The number of guanidine groups is 1. The fourth-order valence-electron chi connectivity index (χ4n) is 3.48. The van der Waals surface area contributed by atoms with E-state index in [1.165, 1.54) is 37.9 Å². The molecule has 1 aliphatic rings. The second kappa shape index (κ2) is 13.3. The van der Waals surface area contributed by atoms with Crippen molar-refractivity contribution in [3.05, 3.63) is 35.9 Å². The molecule has 0 amide bonds. The topological polar surface area (TPSA) is 42.9 Å². The molecule has 2 rings (SSSR count). The molecule has 6 heteroatoms. The summed E-state index contributed by atoms with van der Waals surface area (Å²) >= 11 is 0. The first-order valence-electron chi connectivity index (χ1n) is 10.1. The summed E-state index contributed by atoms with van der Waals surface area (Å²) in [4.78, 5) is 9.38. The summed E-state index contributed by atoms with van der Waals surface area (Å²) in [5.74, 6) is 0.891. The zero-order valence-corrected chi connectivity index (χ0v) is 19.8. The minimum absolute atomic E-state index is 0. The van der Waals surface area contributed by atoms with Gasteiger partial charge in [0, 0.05) is 32.7 Å². The molecule has 1 saturated heterocycles. The molecule has 27 heavy (non-hydrogen) atoms. The van der Waals surface area contributed by atoms with Crippen molar-refractivity contribution in [3.8, 4) is 0 Å². The maximum atomic E-state index is 4.40. The molecule has 1 fully saturated rings. The first kappa shape index (κ1) is 24.2. The van der Waals surface area contributed by atoms with Crippen LogP contribution in [0.1, 0.15) is 44.7 Å². The van der Waals surface area contributed by atoms with Crippen molar-refractivity contribution in [1.29, 1.82) is 0 Å². The van der Waals surface area contributed by atoms with Gasteiger partial charge < -0.3 is 15.5 Å². The molecule has 1 heterocycles. The van der Waals surface area contributed by atoms with Gasteiger partial charge in [-0.1, -0.05) is 37.3 Å². The van der Waals surface area contributed by atoms with Crippen LogP contribution >= 0.6 is 24.0 Å². The van der Waals surface area contributed by atoms with E-state index < -0.39 is 0 Å². The largest absolute Gasteiger partial charge is 0.355 e. The van der Waals surface area contributed by atoms with Crippen molar-refractivity contribution in [3.63, 3.8) is 0 Å². The van der Waals surface area contributed by atoms with E-state index in [-0.39, 0.29) is 24.0 Å². The highest BCUT2D eigenvalue weighted by Gasteiger charge is 2.23. The quantitative estimate of drug-likeness (QED) is 0.319. The first-order valence-corrected chi connectivity index (χ1v) is 10.1. The fourth-order valence-corrected chi connectivity index (χ4v) is 3.48. The zero-order chi connectivity index (χ0) is 18.8. The first-order chi connectivity index (χ1) is 12.7. The standard InChI is InChI=1S/C21H37N5.HI/c1-5-18(2)25(4)16-13-23-21(22-3)24-17-20(26-14-9-10-15-26)19-11-7-6-8-12-19;/h6-8,11-12,18,20H,5,9-10,13-17H2,1-4H3,(H2,22,23,24);1H. The molecule has 0 saturated carbocycles. The van der Waals surface area contributed by atoms with Gasteiger partial charge in [-0.25, -0.2) is 0 Å². The highest BCUT2D eigenvalue weighted by atomic mass is 127. The summed E-state index contributed by atoms with van der Waals surface area (Å²) in [7, 11) is 4.03. The van der Waals surface area contributed by atoms with Crippen molar-refractivity contribution in [2.75, 3.05) is 46.8 Å². The third kappa shape index (κ3) is 7.95. The lowest BCUT2D eigenvalue weighted by atomic mass is 10.1. The molecule has 5 nitrogen and oxygen atoms in total. The molecule has 0 spiro atoms. The van der Waals surface area contributed by atoms with E-state index in [4.69, 9.17) is 0 Å². The number of aliphatic imine (C=N–C) groups is 1. The number of nitrogens with one attached hydrogen (secondary N) is 2. The van der Waals surface area contributed by atoms with E-state index in [1.54, 1.807) is 0 Å². The number of benzene rings is 1. The minimum atomic E-state index is 0. The lowest BCUT2D eigenvalue weighted by Gasteiger charge is -2.29. The van der Waals surface area contributed by atoms with E-state index in [9.17, 15) is 0 Å². The summed E-state index contributed by atoms with van der Waals surface area (Å²) in [5, 5.41) is 7.00. The van der Waals surface area contributed by atoms with Gasteiger partial charge in [0.25, 0.3) is 0 Å². The van der Waals surface area contributed by atoms with Gasteiger partial charge in [0.05, 0.1) is 6.04 Å². The number of nitrogens with zero attached hydrogens (tertiary/aromatic N) is 3. The highest BCUT2D eigenvalue weighted by Crippen LogP contribution is 2.24. The van der Waals surface area contributed by atoms with Crippen LogP contribution in [0.25, 0.3) is 0 Å². The third-order valence-electron chi connectivity index (χ3n) is 5.55. The van der Waals surface area contributed by atoms with E-state index in [0.717, 1.165) is 25.6 Å². The molecule has 2 N–H and O–H groups in total. The molecule has 0 aromatic heterocycles. The number of likely N-dealkylation sites (tertiary alicyclic amines) is 1. The van der Waals surface area contributed by atoms with Gasteiger partial charge in [-0.3, -0.25) is 9.89 Å². The molecular weight excluding hydrogens is 449 g/mol. The van der Waals surface area contributed by atoms with Crippen LogP contribution in [0.3, 0.4) is 0 Å². The van der Waals surface area contributed by atoms with Crippen molar-refractivity contribution < 1.29 is 0 Å². The lowest BCUT2D eigenvalue weighted by Crippen LogP contribution is -2.45. The summed E-state index contributed by atoms with van der Waals surface area (Å²) in [5.41, 5.74) is 1.38. The SMILES string of the molecule is CCC(C)N(C)CCNC(=NC)NCC(c1ccccc1)N1CCCC1.I. The Bertz CT molecular complexity index is 531. The Labute approximate surface area is 183 Å². The van der Waals surface area contributed by atoms with Crippen LogP contribution < -0.4 is 10.6 Å². The molecule has 0 bridgehead atoms. The van der Waals surface area contributed by atoms with Crippen molar-refractivity contribution in [2.45, 2.75) is 45.2 Å². The van der Waals surface area contributed by atoms with E-state index in [1.807, 2.05) is 7.05 Å². The molecule has 0 radical (unpaired) electrons. The van der Waals surface area contributed by atoms with E-state index >= 15 is 0 Å². The fraction of sp³-hybridized carbons (Fsp3) is 0.667. The Balaban J connectivity index is 0.00000364. The maximum Gasteiger partial charge on any atom is 0.191 e. The normalized spacial score (nSPS) is 17.4. The smallest absolute Gasteiger partial charge is 0.191 e. The minimum Gasteiger partial charge on any atom is -0.355 e.